The van der Waals surface area contributed by atoms with Crippen LogP contribution < -0.4 is 0 Å². The number of hydrogen-bond acceptors (Lipinski definition) is 2. The zero-order chi connectivity index (χ0) is 17.7. The Labute approximate surface area is 152 Å². The predicted molar refractivity (Wildman–Crippen MR) is 107 cm³/mol. The van der Waals surface area contributed by atoms with E-state index in [0.717, 1.165) is 19.4 Å². The van der Waals surface area contributed by atoms with Gasteiger partial charge in [-0.25, -0.2) is 0 Å². The molecule has 0 aromatic heterocycles. The van der Waals surface area contributed by atoms with E-state index in [1.807, 2.05) is 6.92 Å². The molecule has 0 saturated heterocycles. The number of rotatable bonds is 20. The summed E-state index contributed by atoms with van der Waals surface area (Å²) in [6.45, 7) is 5.60. The monoisotopic (exact) mass is 342 g/mol. The summed E-state index contributed by atoms with van der Waals surface area (Å²) >= 11 is 0. The van der Waals surface area contributed by atoms with Gasteiger partial charge < -0.3 is 9.84 Å². The van der Waals surface area contributed by atoms with Gasteiger partial charge in [0.1, 0.15) is 0 Å². The Balaban J connectivity index is 2.98. The van der Waals surface area contributed by atoms with Crippen LogP contribution in [0.15, 0.2) is 0 Å². The minimum atomic E-state index is -0.272. The molecule has 0 radical (unpaired) electrons. The lowest BCUT2D eigenvalue weighted by molar-refractivity contribution is 0.0335. The minimum absolute atomic E-state index is 0.272. The first-order chi connectivity index (χ1) is 11.8. The van der Waals surface area contributed by atoms with Crippen LogP contribution in [0.25, 0.3) is 0 Å². The van der Waals surface area contributed by atoms with Crippen molar-refractivity contribution in [1.82, 2.24) is 0 Å². The van der Waals surface area contributed by atoms with Crippen LogP contribution in [-0.2, 0) is 4.74 Å². The fraction of sp³-hybridized carbons (Fsp3) is 1.00. The molecule has 0 rings (SSSR count). The van der Waals surface area contributed by atoms with Crippen LogP contribution >= 0.6 is 0 Å². The second-order valence-corrected chi connectivity index (χ2v) is 7.44. The first-order valence-corrected chi connectivity index (χ1v) is 11.1. The second kappa shape index (κ2) is 21.0. The lowest BCUT2D eigenvalue weighted by Crippen LogP contribution is -2.14. The van der Waals surface area contributed by atoms with Gasteiger partial charge in [-0.3, -0.25) is 0 Å². The molecule has 0 saturated carbocycles. The smallest absolute Gasteiger partial charge is 0.0771 e. The summed E-state index contributed by atoms with van der Waals surface area (Å²) in [5, 5.41) is 9.37. The highest BCUT2D eigenvalue weighted by Gasteiger charge is 1.99. The van der Waals surface area contributed by atoms with Crippen LogP contribution in [-0.4, -0.2) is 24.4 Å². The zero-order valence-electron chi connectivity index (χ0n) is 16.9. The molecule has 2 heteroatoms. The Morgan fingerprint density at radius 1 is 0.583 bits per heavy atom. The van der Waals surface area contributed by atoms with E-state index in [-0.39, 0.29) is 6.10 Å². The predicted octanol–water partition coefficient (Wildman–Crippen LogP) is 7.04. The van der Waals surface area contributed by atoms with Gasteiger partial charge in [-0.05, 0) is 12.8 Å². The van der Waals surface area contributed by atoms with Crippen LogP contribution in [0.2, 0.25) is 0 Å². The molecule has 146 valence electrons. The van der Waals surface area contributed by atoms with E-state index in [1.165, 1.54) is 96.3 Å². The van der Waals surface area contributed by atoms with Gasteiger partial charge in [-0.1, -0.05) is 110 Å². The molecule has 24 heavy (non-hydrogen) atoms. The van der Waals surface area contributed by atoms with E-state index >= 15 is 0 Å². The average molecular weight is 343 g/mol. The number of hydrogen-bond donors (Lipinski definition) is 1. The fourth-order valence-corrected chi connectivity index (χ4v) is 3.09. The van der Waals surface area contributed by atoms with Gasteiger partial charge in [-0.2, -0.15) is 0 Å². The number of ether oxygens (including phenoxy) is 1. The molecule has 2 nitrogen and oxygen atoms in total. The molecule has 0 fully saturated rings. The molecule has 0 aromatic rings. The molecule has 0 spiro atoms. The van der Waals surface area contributed by atoms with Crippen molar-refractivity contribution in [1.29, 1.82) is 0 Å². The molecule has 0 bridgehead atoms. The molecule has 0 heterocycles. The lowest BCUT2D eigenvalue weighted by atomic mass is 10.0. The van der Waals surface area contributed by atoms with Crippen LogP contribution in [0.4, 0.5) is 0 Å². The average Bonchev–Trinajstić information content (AvgIpc) is 2.60. The van der Waals surface area contributed by atoms with Crippen molar-refractivity contribution in [3.8, 4) is 0 Å². The molecule has 0 aliphatic rings. The fourth-order valence-electron chi connectivity index (χ4n) is 3.09. The second-order valence-electron chi connectivity index (χ2n) is 7.44. The van der Waals surface area contributed by atoms with Crippen LogP contribution in [0.1, 0.15) is 123 Å². The van der Waals surface area contributed by atoms with Crippen LogP contribution in [0, 0.1) is 0 Å². The molecule has 0 aromatic carbocycles. The molecule has 0 amide bonds. The maximum absolute atomic E-state index is 9.37. The molecule has 0 aliphatic heterocycles. The van der Waals surface area contributed by atoms with Crippen molar-refractivity contribution >= 4 is 0 Å². The standard InChI is InChI=1S/C22H46O2/c1-3-5-6-7-8-9-10-11-12-13-14-15-16-17-18-19-20-24-21-22(23)4-2/h22-23H,3-21H2,1-2H3/t22-/m0/s1. The lowest BCUT2D eigenvalue weighted by Gasteiger charge is -2.08. The van der Waals surface area contributed by atoms with Gasteiger partial charge in [0.2, 0.25) is 0 Å². The summed E-state index contributed by atoms with van der Waals surface area (Å²) in [5.74, 6) is 0. The van der Waals surface area contributed by atoms with Gasteiger partial charge in [0.25, 0.3) is 0 Å². The zero-order valence-corrected chi connectivity index (χ0v) is 16.9. The third-order valence-electron chi connectivity index (χ3n) is 4.92. The van der Waals surface area contributed by atoms with E-state index in [2.05, 4.69) is 6.92 Å². The summed E-state index contributed by atoms with van der Waals surface area (Å²) in [4.78, 5) is 0. The first kappa shape index (κ1) is 23.9. The molecule has 0 unspecified atom stereocenters. The molecule has 0 aliphatic carbocycles. The van der Waals surface area contributed by atoms with E-state index < -0.39 is 0 Å². The quantitative estimate of drug-likeness (QED) is 0.240. The Morgan fingerprint density at radius 2 is 0.958 bits per heavy atom. The summed E-state index contributed by atoms with van der Waals surface area (Å²) in [6.07, 6.45) is 22.9. The largest absolute Gasteiger partial charge is 0.391 e. The number of aliphatic hydroxyl groups excluding tert-OH is 1. The summed E-state index contributed by atoms with van der Waals surface area (Å²) in [5.41, 5.74) is 0. The van der Waals surface area contributed by atoms with Crippen molar-refractivity contribution in [2.24, 2.45) is 0 Å². The maximum atomic E-state index is 9.37. The Morgan fingerprint density at radius 3 is 1.33 bits per heavy atom. The van der Waals surface area contributed by atoms with Gasteiger partial charge in [0, 0.05) is 6.61 Å². The maximum Gasteiger partial charge on any atom is 0.0771 e. The minimum Gasteiger partial charge on any atom is -0.391 e. The molecular weight excluding hydrogens is 296 g/mol. The highest BCUT2D eigenvalue weighted by Crippen LogP contribution is 2.13. The van der Waals surface area contributed by atoms with Gasteiger partial charge >= 0.3 is 0 Å². The van der Waals surface area contributed by atoms with Crippen molar-refractivity contribution in [3.63, 3.8) is 0 Å². The van der Waals surface area contributed by atoms with Gasteiger partial charge in [0.15, 0.2) is 0 Å². The van der Waals surface area contributed by atoms with Gasteiger partial charge in [0.05, 0.1) is 12.7 Å². The summed E-state index contributed by atoms with van der Waals surface area (Å²) < 4.78 is 5.46. The van der Waals surface area contributed by atoms with E-state index in [0.29, 0.717) is 6.61 Å². The summed E-state index contributed by atoms with van der Waals surface area (Å²) in [6, 6.07) is 0. The Bertz CT molecular complexity index is 218. The SMILES string of the molecule is CCCCCCCCCCCCCCCCCCOC[C@@H](O)CC. The number of aliphatic hydroxyl groups is 1. The molecule has 1 N–H and O–H groups in total. The van der Waals surface area contributed by atoms with Crippen molar-refractivity contribution in [2.45, 2.75) is 129 Å². The van der Waals surface area contributed by atoms with Crippen molar-refractivity contribution in [3.05, 3.63) is 0 Å². The van der Waals surface area contributed by atoms with E-state index in [9.17, 15) is 5.11 Å². The third-order valence-corrected chi connectivity index (χ3v) is 4.92. The third kappa shape index (κ3) is 20.0. The van der Waals surface area contributed by atoms with Crippen molar-refractivity contribution in [2.75, 3.05) is 13.2 Å². The van der Waals surface area contributed by atoms with Crippen LogP contribution in [0.5, 0.6) is 0 Å². The normalized spacial score (nSPS) is 12.6. The highest BCUT2D eigenvalue weighted by molar-refractivity contribution is 4.51. The molecular formula is C22H46O2. The van der Waals surface area contributed by atoms with Gasteiger partial charge in [-0.15, -0.1) is 0 Å². The van der Waals surface area contributed by atoms with Crippen molar-refractivity contribution < 1.29 is 9.84 Å². The highest BCUT2D eigenvalue weighted by atomic mass is 16.5. The Kier molecular flexibility index (Phi) is 20.9. The topological polar surface area (TPSA) is 29.5 Å². The van der Waals surface area contributed by atoms with E-state index in [4.69, 9.17) is 4.74 Å². The molecule has 1 atom stereocenters. The number of unbranched alkanes of at least 4 members (excludes halogenated alkanes) is 15. The summed E-state index contributed by atoms with van der Waals surface area (Å²) in [7, 11) is 0. The Hall–Kier alpha value is -0.0800. The first-order valence-electron chi connectivity index (χ1n) is 11.1. The van der Waals surface area contributed by atoms with E-state index in [1.54, 1.807) is 0 Å². The van der Waals surface area contributed by atoms with Crippen LogP contribution in [0.3, 0.4) is 0 Å².